The Morgan fingerprint density at radius 2 is 1.95 bits per heavy atom. The van der Waals surface area contributed by atoms with E-state index in [0.29, 0.717) is 11.5 Å². The van der Waals surface area contributed by atoms with Gasteiger partial charge in [0.05, 0.1) is 6.04 Å². The molecule has 3 heteroatoms. The minimum absolute atomic E-state index is 0.0403. The van der Waals surface area contributed by atoms with Gasteiger partial charge in [-0.25, -0.2) is 0 Å². The first kappa shape index (κ1) is 15.0. The predicted octanol–water partition coefficient (Wildman–Crippen LogP) is 3.49. The van der Waals surface area contributed by atoms with Crippen LogP contribution in [0.15, 0.2) is 24.3 Å². The molecule has 0 aromatic heterocycles. The van der Waals surface area contributed by atoms with Crippen molar-refractivity contribution in [1.29, 1.82) is 0 Å². The fraction of sp³-hybridized carbons (Fsp3) is 0.588. The summed E-state index contributed by atoms with van der Waals surface area (Å²) in [5.41, 5.74) is 2.47. The molecule has 1 aromatic carbocycles. The van der Waals surface area contributed by atoms with Crippen LogP contribution in [0.2, 0.25) is 0 Å². The Morgan fingerprint density at radius 3 is 2.50 bits per heavy atom. The molecule has 3 nitrogen and oxygen atoms in total. The lowest BCUT2D eigenvalue weighted by atomic mass is 9.92. The Kier molecular flexibility index (Phi) is 4.48. The second-order valence-corrected chi connectivity index (χ2v) is 6.85. The number of hydrogen-bond donors (Lipinski definition) is 2. The molecule has 0 spiro atoms. The van der Waals surface area contributed by atoms with Gasteiger partial charge < -0.3 is 10.6 Å². The standard InChI is InChI=1S/C17H26N2O/c1-12-5-7-14(8-6-12)19-16(20)13(2)18-15-9-10-17(3,4)11-15/h5-8,13,15,18H,9-11H2,1-4H3,(H,19,20). The normalized spacial score (nSPS) is 22.5. The lowest BCUT2D eigenvalue weighted by molar-refractivity contribution is -0.118. The molecule has 2 N–H and O–H groups in total. The van der Waals surface area contributed by atoms with Gasteiger partial charge in [-0.2, -0.15) is 0 Å². The number of carbonyl (C=O) groups excluding carboxylic acids is 1. The first-order chi connectivity index (χ1) is 9.35. The zero-order valence-corrected chi connectivity index (χ0v) is 13.0. The molecule has 1 amide bonds. The van der Waals surface area contributed by atoms with Gasteiger partial charge in [-0.1, -0.05) is 31.5 Å². The van der Waals surface area contributed by atoms with E-state index in [1.807, 2.05) is 38.1 Å². The van der Waals surface area contributed by atoms with E-state index in [0.717, 1.165) is 18.5 Å². The van der Waals surface area contributed by atoms with Gasteiger partial charge in [0.15, 0.2) is 0 Å². The molecule has 110 valence electrons. The van der Waals surface area contributed by atoms with Gasteiger partial charge in [0.2, 0.25) is 5.91 Å². The molecule has 20 heavy (non-hydrogen) atoms. The summed E-state index contributed by atoms with van der Waals surface area (Å²) in [7, 11) is 0. The van der Waals surface area contributed by atoms with Gasteiger partial charge in [-0.05, 0) is 50.7 Å². The molecule has 0 heterocycles. The van der Waals surface area contributed by atoms with Crippen LogP contribution in [0.4, 0.5) is 5.69 Å². The third-order valence-electron chi connectivity index (χ3n) is 4.17. The largest absolute Gasteiger partial charge is 0.325 e. The van der Waals surface area contributed by atoms with Gasteiger partial charge in [-0.15, -0.1) is 0 Å². The van der Waals surface area contributed by atoms with Crippen molar-refractivity contribution in [3.05, 3.63) is 29.8 Å². The first-order valence-electron chi connectivity index (χ1n) is 7.49. The summed E-state index contributed by atoms with van der Waals surface area (Å²) in [6.07, 6.45) is 3.54. The van der Waals surface area contributed by atoms with E-state index in [9.17, 15) is 4.79 Å². The molecule has 1 aliphatic rings. The second kappa shape index (κ2) is 5.96. The molecule has 0 radical (unpaired) electrons. The Hall–Kier alpha value is -1.35. The average molecular weight is 274 g/mol. The summed E-state index contributed by atoms with van der Waals surface area (Å²) in [6.45, 7) is 8.57. The molecule has 1 aliphatic carbocycles. The topological polar surface area (TPSA) is 41.1 Å². The summed E-state index contributed by atoms with van der Waals surface area (Å²) in [4.78, 5) is 12.2. The highest BCUT2D eigenvalue weighted by Gasteiger charge is 2.32. The Morgan fingerprint density at radius 1 is 1.30 bits per heavy atom. The lowest BCUT2D eigenvalue weighted by Gasteiger charge is -2.21. The van der Waals surface area contributed by atoms with Crippen LogP contribution < -0.4 is 10.6 Å². The van der Waals surface area contributed by atoms with Crippen molar-refractivity contribution < 1.29 is 4.79 Å². The van der Waals surface area contributed by atoms with Crippen LogP contribution in [0.5, 0.6) is 0 Å². The van der Waals surface area contributed by atoms with E-state index in [1.165, 1.54) is 12.0 Å². The maximum absolute atomic E-state index is 12.2. The summed E-state index contributed by atoms with van der Waals surface area (Å²) < 4.78 is 0. The van der Waals surface area contributed by atoms with Crippen molar-refractivity contribution in [2.24, 2.45) is 5.41 Å². The lowest BCUT2D eigenvalue weighted by Crippen LogP contribution is -2.43. The number of nitrogens with one attached hydrogen (secondary N) is 2. The molecular weight excluding hydrogens is 248 g/mol. The number of rotatable bonds is 4. The first-order valence-corrected chi connectivity index (χ1v) is 7.49. The molecule has 0 aliphatic heterocycles. The van der Waals surface area contributed by atoms with Crippen molar-refractivity contribution in [3.63, 3.8) is 0 Å². The quantitative estimate of drug-likeness (QED) is 0.882. The molecule has 2 rings (SSSR count). The second-order valence-electron chi connectivity index (χ2n) is 6.85. The van der Waals surface area contributed by atoms with E-state index in [2.05, 4.69) is 24.5 Å². The molecule has 2 unspecified atom stereocenters. The fourth-order valence-electron chi connectivity index (χ4n) is 2.90. The van der Waals surface area contributed by atoms with Crippen molar-refractivity contribution in [2.45, 2.75) is 59.0 Å². The Balaban J connectivity index is 1.85. The third-order valence-corrected chi connectivity index (χ3v) is 4.17. The van der Waals surface area contributed by atoms with Crippen molar-refractivity contribution in [1.82, 2.24) is 5.32 Å². The molecule has 2 atom stereocenters. The molecule has 1 fully saturated rings. The average Bonchev–Trinajstić information content (AvgIpc) is 2.71. The molecule has 1 aromatic rings. The van der Waals surface area contributed by atoms with Gasteiger partial charge in [0.1, 0.15) is 0 Å². The number of aryl methyl sites for hydroxylation is 1. The number of benzene rings is 1. The summed E-state index contributed by atoms with van der Waals surface area (Å²) in [6, 6.07) is 8.21. The van der Waals surface area contributed by atoms with E-state index in [4.69, 9.17) is 0 Å². The van der Waals surface area contributed by atoms with E-state index >= 15 is 0 Å². The smallest absolute Gasteiger partial charge is 0.241 e. The monoisotopic (exact) mass is 274 g/mol. The van der Waals surface area contributed by atoms with E-state index < -0.39 is 0 Å². The van der Waals surface area contributed by atoms with Crippen LogP contribution in [0.1, 0.15) is 45.6 Å². The van der Waals surface area contributed by atoms with Crippen molar-refractivity contribution in [3.8, 4) is 0 Å². The number of hydrogen-bond acceptors (Lipinski definition) is 2. The summed E-state index contributed by atoms with van der Waals surface area (Å²) >= 11 is 0. The zero-order chi connectivity index (χ0) is 14.8. The van der Waals surface area contributed by atoms with Crippen LogP contribution in [0, 0.1) is 12.3 Å². The van der Waals surface area contributed by atoms with Gasteiger partial charge in [-0.3, -0.25) is 4.79 Å². The van der Waals surface area contributed by atoms with Crippen LogP contribution in [-0.2, 0) is 4.79 Å². The van der Waals surface area contributed by atoms with E-state index in [1.54, 1.807) is 0 Å². The predicted molar refractivity (Wildman–Crippen MR) is 83.8 cm³/mol. The highest BCUT2D eigenvalue weighted by atomic mass is 16.2. The van der Waals surface area contributed by atoms with E-state index in [-0.39, 0.29) is 11.9 Å². The fourth-order valence-corrected chi connectivity index (χ4v) is 2.90. The SMILES string of the molecule is Cc1ccc(NC(=O)C(C)NC2CCC(C)(C)C2)cc1. The Bertz CT molecular complexity index is 464. The minimum Gasteiger partial charge on any atom is -0.325 e. The minimum atomic E-state index is -0.157. The summed E-state index contributed by atoms with van der Waals surface area (Å²) in [5, 5.41) is 6.42. The molecule has 0 saturated heterocycles. The number of carbonyl (C=O) groups is 1. The summed E-state index contributed by atoms with van der Waals surface area (Å²) in [5.74, 6) is 0.0403. The highest BCUT2D eigenvalue weighted by Crippen LogP contribution is 2.37. The van der Waals surface area contributed by atoms with Crippen molar-refractivity contribution >= 4 is 11.6 Å². The maximum atomic E-state index is 12.2. The highest BCUT2D eigenvalue weighted by molar-refractivity contribution is 5.94. The van der Waals surface area contributed by atoms with Crippen molar-refractivity contribution in [2.75, 3.05) is 5.32 Å². The van der Waals surface area contributed by atoms with Crippen LogP contribution in [0.25, 0.3) is 0 Å². The van der Waals surface area contributed by atoms with Crippen LogP contribution >= 0.6 is 0 Å². The third kappa shape index (κ3) is 4.07. The van der Waals surface area contributed by atoms with Gasteiger partial charge in [0, 0.05) is 11.7 Å². The van der Waals surface area contributed by atoms with Gasteiger partial charge >= 0.3 is 0 Å². The van der Waals surface area contributed by atoms with Gasteiger partial charge in [0.25, 0.3) is 0 Å². The zero-order valence-electron chi connectivity index (χ0n) is 13.0. The van der Waals surface area contributed by atoms with Crippen LogP contribution in [0.3, 0.4) is 0 Å². The molecule has 0 bridgehead atoms. The Labute approximate surface area is 122 Å². The maximum Gasteiger partial charge on any atom is 0.241 e. The van der Waals surface area contributed by atoms with Crippen LogP contribution in [-0.4, -0.2) is 18.0 Å². The number of anilines is 1. The number of amides is 1. The molecule has 1 saturated carbocycles. The molecular formula is C17H26N2O.